The summed E-state index contributed by atoms with van der Waals surface area (Å²) < 4.78 is 0. The van der Waals surface area contributed by atoms with Gasteiger partial charge in [-0.2, -0.15) is 11.8 Å². The van der Waals surface area contributed by atoms with Crippen LogP contribution in [-0.2, 0) is 11.2 Å². The normalized spacial score (nSPS) is 10.1. The molecule has 0 spiro atoms. The molecule has 0 aliphatic rings. The first-order chi connectivity index (χ1) is 6.72. The van der Waals surface area contributed by atoms with Crippen molar-refractivity contribution in [2.24, 2.45) is 0 Å². The van der Waals surface area contributed by atoms with Gasteiger partial charge in [-0.15, -0.1) is 0 Å². The first kappa shape index (κ1) is 11.1. The van der Waals surface area contributed by atoms with Gasteiger partial charge in [0.1, 0.15) is 11.5 Å². The third-order valence-corrected chi connectivity index (χ3v) is 2.74. The van der Waals surface area contributed by atoms with E-state index in [1.54, 1.807) is 36.0 Å². The zero-order chi connectivity index (χ0) is 10.4. The predicted molar refractivity (Wildman–Crippen MR) is 59.8 cm³/mol. The van der Waals surface area contributed by atoms with Crippen LogP contribution in [0, 0.1) is 0 Å². The van der Waals surface area contributed by atoms with Gasteiger partial charge in [0.05, 0.1) is 5.75 Å². The quantitative estimate of drug-likeness (QED) is 0.810. The third-order valence-electron chi connectivity index (χ3n) is 1.80. The Balaban J connectivity index is 2.44. The first-order valence-electron chi connectivity index (χ1n) is 4.59. The van der Waals surface area contributed by atoms with Crippen molar-refractivity contribution in [1.82, 2.24) is 0 Å². The van der Waals surface area contributed by atoms with Crippen LogP contribution in [0.15, 0.2) is 24.3 Å². The van der Waals surface area contributed by atoms with Crippen LogP contribution in [0.25, 0.3) is 0 Å². The van der Waals surface area contributed by atoms with Gasteiger partial charge >= 0.3 is 0 Å². The first-order valence-corrected chi connectivity index (χ1v) is 5.75. The summed E-state index contributed by atoms with van der Waals surface area (Å²) in [6.07, 6.45) is 0.466. The molecule has 0 atom stereocenters. The topological polar surface area (TPSA) is 37.3 Å². The Hall–Kier alpha value is -0.960. The Morgan fingerprint density at radius 2 is 2.00 bits per heavy atom. The van der Waals surface area contributed by atoms with Gasteiger partial charge in [0, 0.05) is 6.42 Å². The third kappa shape index (κ3) is 3.83. The molecular formula is C11H14O2S. The molecule has 1 N–H and O–H groups in total. The molecule has 2 nitrogen and oxygen atoms in total. The molecule has 0 fully saturated rings. The maximum Gasteiger partial charge on any atom is 0.147 e. The summed E-state index contributed by atoms with van der Waals surface area (Å²) in [5, 5.41) is 9.04. The largest absolute Gasteiger partial charge is 0.508 e. The second-order valence-corrected chi connectivity index (χ2v) is 4.29. The van der Waals surface area contributed by atoms with E-state index in [1.807, 2.05) is 6.92 Å². The van der Waals surface area contributed by atoms with Crippen LogP contribution in [0.4, 0.5) is 0 Å². The summed E-state index contributed by atoms with van der Waals surface area (Å²) in [5.41, 5.74) is 0.963. The van der Waals surface area contributed by atoms with Crippen LogP contribution in [0.5, 0.6) is 5.75 Å². The second-order valence-electron chi connectivity index (χ2n) is 3.02. The molecule has 14 heavy (non-hydrogen) atoms. The highest BCUT2D eigenvalue weighted by Gasteiger charge is 2.02. The number of benzene rings is 1. The summed E-state index contributed by atoms with van der Waals surface area (Å²) in [6.45, 7) is 2.04. The van der Waals surface area contributed by atoms with Crippen molar-refractivity contribution in [2.75, 3.05) is 11.5 Å². The number of hydrogen-bond donors (Lipinski definition) is 1. The minimum absolute atomic E-state index is 0.238. The highest BCUT2D eigenvalue weighted by Crippen LogP contribution is 2.11. The zero-order valence-corrected chi connectivity index (χ0v) is 9.01. The Morgan fingerprint density at radius 3 is 2.57 bits per heavy atom. The lowest BCUT2D eigenvalue weighted by Gasteiger charge is -2.00. The molecule has 0 unspecified atom stereocenters. The van der Waals surface area contributed by atoms with Crippen molar-refractivity contribution >= 4 is 17.5 Å². The van der Waals surface area contributed by atoms with Crippen molar-refractivity contribution in [2.45, 2.75) is 13.3 Å². The van der Waals surface area contributed by atoms with E-state index >= 15 is 0 Å². The fourth-order valence-corrected chi connectivity index (χ4v) is 1.64. The molecule has 1 aromatic carbocycles. The highest BCUT2D eigenvalue weighted by atomic mass is 32.2. The van der Waals surface area contributed by atoms with Crippen molar-refractivity contribution < 1.29 is 9.90 Å². The molecule has 0 aliphatic carbocycles. The number of rotatable bonds is 5. The lowest BCUT2D eigenvalue weighted by Crippen LogP contribution is -2.05. The standard InChI is InChI=1S/C11H14O2S/c1-2-14-8-11(13)7-9-3-5-10(12)6-4-9/h3-6,12H,2,7-8H2,1H3. The molecule has 0 saturated heterocycles. The van der Waals surface area contributed by atoms with E-state index in [0.29, 0.717) is 12.2 Å². The number of phenols is 1. The Kier molecular flexibility index (Phi) is 4.53. The number of aromatic hydroxyl groups is 1. The van der Waals surface area contributed by atoms with Crippen LogP contribution in [-0.4, -0.2) is 22.4 Å². The molecular weight excluding hydrogens is 196 g/mol. The molecule has 0 radical (unpaired) electrons. The molecule has 3 heteroatoms. The Labute approximate surface area is 88.3 Å². The number of hydrogen-bond acceptors (Lipinski definition) is 3. The van der Waals surface area contributed by atoms with E-state index in [2.05, 4.69) is 0 Å². The van der Waals surface area contributed by atoms with Gasteiger partial charge in [0.15, 0.2) is 0 Å². The van der Waals surface area contributed by atoms with Crippen molar-refractivity contribution in [3.8, 4) is 5.75 Å². The van der Waals surface area contributed by atoms with Gasteiger partial charge in [-0.25, -0.2) is 0 Å². The molecule has 0 bridgehead atoms. The number of ketones is 1. The van der Waals surface area contributed by atoms with Crippen LogP contribution < -0.4 is 0 Å². The number of Topliss-reactive ketones (excluding diaryl/α,β-unsaturated/α-hetero) is 1. The lowest BCUT2D eigenvalue weighted by atomic mass is 10.1. The number of carbonyl (C=O) groups is 1. The molecule has 0 saturated carbocycles. The molecule has 0 amide bonds. The minimum Gasteiger partial charge on any atom is -0.508 e. The van der Waals surface area contributed by atoms with Crippen LogP contribution >= 0.6 is 11.8 Å². The van der Waals surface area contributed by atoms with Crippen LogP contribution in [0.3, 0.4) is 0 Å². The summed E-state index contributed by atoms with van der Waals surface area (Å²) >= 11 is 1.64. The van der Waals surface area contributed by atoms with E-state index in [4.69, 9.17) is 5.11 Å². The van der Waals surface area contributed by atoms with Gasteiger partial charge in [0.2, 0.25) is 0 Å². The molecule has 0 aromatic heterocycles. The SMILES string of the molecule is CCSCC(=O)Cc1ccc(O)cc1. The fourth-order valence-electron chi connectivity index (χ4n) is 1.11. The van der Waals surface area contributed by atoms with E-state index in [1.165, 1.54) is 0 Å². The van der Waals surface area contributed by atoms with Gasteiger partial charge in [0.25, 0.3) is 0 Å². The smallest absolute Gasteiger partial charge is 0.147 e. The van der Waals surface area contributed by atoms with Crippen molar-refractivity contribution in [1.29, 1.82) is 0 Å². The molecule has 1 aromatic rings. The van der Waals surface area contributed by atoms with Gasteiger partial charge in [-0.3, -0.25) is 4.79 Å². The maximum absolute atomic E-state index is 11.4. The van der Waals surface area contributed by atoms with E-state index < -0.39 is 0 Å². The zero-order valence-electron chi connectivity index (χ0n) is 8.19. The van der Waals surface area contributed by atoms with Gasteiger partial charge in [-0.05, 0) is 23.4 Å². The Bertz CT molecular complexity index is 293. The predicted octanol–water partition coefficient (Wildman–Crippen LogP) is 2.26. The molecule has 1 rings (SSSR count). The van der Waals surface area contributed by atoms with E-state index in [0.717, 1.165) is 11.3 Å². The van der Waals surface area contributed by atoms with Crippen LogP contribution in [0.1, 0.15) is 12.5 Å². The maximum atomic E-state index is 11.4. The Morgan fingerprint density at radius 1 is 1.36 bits per heavy atom. The minimum atomic E-state index is 0.238. The van der Waals surface area contributed by atoms with E-state index in [9.17, 15) is 4.79 Å². The summed E-state index contributed by atoms with van der Waals surface area (Å²) in [7, 11) is 0. The summed E-state index contributed by atoms with van der Waals surface area (Å²) in [5.74, 6) is 2.03. The van der Waals surface area contributed by atoms with Gasteiger partial charge in [-0.1, -0.05) is 19.1 Å². The molecule has 0 aliphatic heterocycles. The summed E-state index contributed by atoms with van der Waals surface area (Å²) in [4.78, 5) is 11.4. The second kappa shape index (κ2) is 5.70. The average Bonchev–Trinajstić information content (AvgIpc) is 2.18. The number of thioether (sulfide) groups is 1. The van der Waals surface area contributed by atoms with E-state index in [-0.39, 0.29) is 11.5 Å². The van der Waals surface area contributed by atoms with Crippen molar-refractivity contribution in [3.05, 3.63) is 29.8 Å². The van der Waals surface area contributed by atoms with Crippen LogP contribution in [0.2, 0.25) is 0 Å². The monoisotopic (exact) mass is 210 g/mol. The molecule has 0 heterocycles. The lowest BCUT2D eigenvalue weighted by molar-refractivity contribution is -0.116. The highest BCUT2D eigenvalue weighted by molar-refractivity contribution is 7.99. The van der Waals surface area contributed by atoms with Crippen molar-refractivity contribution in [3.63, 3.8) is 0 Å². The number of phenolic OH excluding ortho intramolecular Hbond substituents is 1. The molecule has 76 valence electrons. The average molecular weight is 210 g/mol. The van der Waals surface area contributed by atoms with Gasteiger partial charge < -0.3 is 5.11 Å². The number of carbonyl (C=O) groups excluding carboxylic acids is 1. The summed E-state index contributed by atoms with van der Waals surface area (Å²) in [6, 6.07) is 6.78. The fraction of sp³-hybridized carbons (Fsp3) is 0.364.